The predicted molar refractivity (Wildman–Crippen MR) is 81.7 cm³/mol. The highest BCUT2D eigenvalue weighted by Crippen LogP contribution is 2.44. The van der Waals surface area contributed by atoms with Crippen LogP contribution in [-0.2, 0) is 6.42 Å². The average Bonchev–Trinajstić information content (AvgIpc) is 3.15. The van der Waals surface area contributed by atoms with E-state index in [-0.39, 0.29) is 5.41 Å². The first-order valence-electron chi connectivity index (χ1n) is 7.90. The third-order valence-corrected chi connectivity index (χ3v) is 4.89. The van der Waals surface area contributed by atoms with Gasteiger partial charge in [0.15, 0.2) is 0 Å². The molecule has 0 amide bonds. The Hall–Kier alpha value is -0.900. The topological polar surface area (TPSA) is 35.5 Å². The quantitative estimate of drug-likeness (QED) is 0.794. The second-order valence-corrected chi connectivity index (χ2v) is 6.56. The van der Waals surface area contributed by atoms with Crippen LogP contribution in [0.3, 0.4) is 0 Å². The molecule has 0 aromatic heterocycles. The minimum absolute atomic E-state index is 0.234. The van der Waals surface area contributed by atoms with Crippen LogP contribution in [0.1, 0.15) is 24.8 Å². The van der Waals surface area contributed by atoms with E-state index in [9.17, 15) is 5.11 Å². The number of rotatable bonds is 7. The maximum absolute atomic E-state index is 9.34. The highest BCUT2D eigenvalue weighted by molar-refractivity contribution is 5.14. The first kappa shape index (κ1) is 14.1. The molecular weight excluding hydrogens is 248 g/mol. The summed E-state index contributed by atoms with van der Waals surface area (Å²) in [6.07, 6.45) is 4.78. The zero-order valence-electron chi connectivity index (χ0n) is 12.2. The van der Waals surface area contributed by atoms with Crippen molar-refractivity contribution >= 4 is 0 Å². The van der Waals surface area contributed by atoms with Crippen molar-refractivity contribution in [2.24, 2.45) is 5.41 Å². The lowest BCUT2D eigenvalue weighted by molar-refractivity contribution is 0.203. The van der Waals surface area contributed by atoms with Crippen molar-refractivity contribution in [2.75, 3.05) is 32.8 Å². The summed E-state index contributed by atoms with van der Waals surface area (Å²) < 4.78 is 0. The van der Waals surface area contributed by atoms with E-state index in [1.54, 1.807) is 0 Å². The Morgan fingerprint density at radius 3 is 2.75 bits per heavy atom. The van der Waals surface area contributed by atoms with Crippen LogP contribution in [-0.4, -0.2) is 48.8 Å². The zero-order valence-corrected chi connectivity index (χ0v) is 12.2. The van der Waals surface area contributed by atoms with Gasteiger partial charge in [0.2, 0.25) is 0 Å². The second kappa shape index (κ2) is 6.25. The van der Waals surface area contributed by atoms with Gasteiger partial charge < -0.3 is 15.3 Å². The monoisotopic (exact) mass is 274 g/mol. The number of aliphatic hydroxyl groups excluding tert-OH is 1. The first-order chi connectivity index (χ1) is 9.80. The van der Waals surface area contributed by atoms with Crippen molar-refractivity contribution in [3.8, 4) is 0 Å². The third-order valence-electron chi connectivity index (χ3n) is 4.89. The van der Waals surface area contributed by atoms with Crippen LogP contribution in [0.15, 0.2) is 30.3 Å². The summed E-state index contributed by atoms with van der Waals surface area (Å²) in [4.78, 5) is 2.56. The zero-order chi connectivity index (χ0) is 13.8. The lowest BCUT2D eigenvalue weighted by Gasteiger charge is -2.19. The van der Waals surface area contributed by atoms with Gasteiger partial charge in [-0.2, -0.15) is 0 Å². The van der Waals surface area contributed by atoms with Crippen LogP contribution in [0.4, 0.5) is 0 Å². The molecule has 2 aliphatic rings. The number of hydrogen-bond donors (Lipinski definition) is 2. The largest absolute Gasteiger partial charge is 0.396 e. The van der Waals surface area contributed by atoms with Gasteiger partial charge >= 0.3 is 0 Å². The SMILES string of the molecule is OCC1(CNC2CCN(CCc3ccccc3)C2)CC1. The fourth-order valence-corrected chi connectivity index (χ4v) is 3.06. The lowest BCUT2D eigenvalue weighted by atomic mass is 10.1. The Kier molecular flexibility index (Phi) is 4.39. The fraction of sp³-hybridized carbons (Fsp3) is 0.647. The second-order valence-electron chi connectivity index (χ2n) is 6.56. The molecule has 3 rings (SSSR count). The van der Waals surface area contributed by atoms with Gasteiger partial charge in [-0.25, -0.2) is 0 Å². The van der Waals surface area contributed by atoms with Crippen molar-refractivity contribution < 1.29 is 5.11 Å². The average molecular weight is 274 g/mol. The van der Waals surface area contributed by atoms with Gasteiger partial charge in [0.1, 0.15) is 0 Å². The maximum atomic E-state index is 9.34. The predicted octanol–water partition coefficient (Wildman–Crippen LogP) is 1.67. The normalized spacial score (nSPS) is 24.9. The molecule has 0 radical (unpaired) electrons. The summed E-state index contributed by atoms with van der Waals surface area (Å²) in [7, 11) is 0. The van der Waals surface area contributed by atoms with E-state index in [4.69, 9.17) is 0 Å². The first-order valence-corrected chi connectivity index (χ1v) is 7.90. The smallest absolute Gasteiger partial charge is 0.0499 e. The number of hydrogen-bond acceptors (Lipinski definition) is 3. The van der Waals surface area contributed by atoms with E-state index >= 15 is 0 Å². The summed E-state index contributed by atoms with van der Waals surface area (Å²) >= 11 is 0. The molecule has 3 heteroatoms. The molecular formula is C17H26N2O. The van der Waals surface area contributed by atoms with Gasteiger partial charge in [-0.3, -0.25) is 0 Å². The molecule has 1 aliphatic heterocycles. The van der Waals surface area contributed by atoms with E-state index in [1.807, 2.05) is 0 Å². The Bertz CT molecular complexity index is 416. The molecule has 1 saturated carbocycles. The Balaban J connectivity index is 1.37. The van der Waals surface area contributed by atoms with Crippen LogP contribution in [0, 0.1) is 5.41 Å². The molecule has 1 saturated heterocycles. The van der Waals surface area contributed by atoms with Crippen molar-refractivity contribution in [3.63, 3.8) is 0 Å². The molecule has 1 atom stereocenters. The van der Waals surface area contributed by atoms with E-state index in [0.717, 1.165) is 26.1 Å². The third kappa shape index (κ3) is 3.60. The van der Waals surface area contributed by atoms with E-state index in [1.165, 1.54) is 31.4 Å². The molecule has 0 bridgehead atoms. The number of benzene rings is 1. The minimum Gasteiger partial charge on any atom is -0.396 e. The summed E-state index contributed by atoms with van der Waals surface area (Å²) in [6.45, 7) is 4.88. The Morgan fingerprint density at radius 1 is 1.25 bits per heavy atom. The van der Waals surface area contributed by atoms with Crippen LogP contribution in [0.5, 0.6) is 0 Å². The number of aliphatic hydroxyl groups is 1. The Labute approximate surface area is 122 Å². The standard InChI is InChI=1S/C17H26N2O/c20-14-17(8-9-17)13-18-16-7-11-19(12-16)10-6-15-4-2-1-3-5-15/h1-5,16,18,20H,6-14H2. The minimum atomic E-state index is 0.234. The van der Waals surface area contributed by atoms with Crippen LogP contribution < -0.4 is 5.32 Å². The van der Waals surface area contributed by atoms with E-state index in [2.05, 4.69) is 40.5 Å². The summed E-state index contributed by atoms with van der Waals surface area (Å²) in [5.41, 5.74) is 1.67. The van der Waals surface area contributed by atoms with Crippen molar-refractivity contribution in [2.45, 2.75) is 31.7 Å². The molecule has 1 aliphatic carbocycles. The molecule has 1 aromatic carbocycles. The summed E-state index contributed by atoms with van der Waals surface area (Å²) in [6, 6.07) is 11.4. The molecule has 1 unspecified atom stereocenters. The highest BCUT2D eigenvalue weighted by Gasteiger charge is 2.42. The Morgan fingerprint density at radius 2 is 2.05 bits per heavy atom. The molecule has 3 nitrogen and oxygen atoms in total. The van der Waals surface area contributed by atoms with Crippen molar-refractivity contribution in [1.82, 2.24) is 10.2 Å². The number of nitrogens with one attached hydrogen (secondary N) is 1. The van der Waals surface area contributed by atoms with Crippen LogP contribution >= 0.6 is 0 Å². The molecule has 2 fully saturated rings. The summed E-state index contributed by atoms with van der Waals surface area (Å²) in [5, 5.41) is 13.0. The van der Waals surface area contributed by atoms with Crippen LogP contribution in [0.2, 0.25) is 0 Å². The maximum Gasteiger partial charge on any atom is 0.0499 e. The molecule has 20 heavy (non-hydrogen) atoms. The number of nitrogens with zero attached hydrogens (tertiary/aromatic N) is 1. The van der Waals surface area contributed by atoms with Gasteiger partial charge in [0.25, 0.3) is 0 Å². The van der Waals surface area contributed by atoms with Gasteiger partial charge in [-0.1, -0.05) is 30.3 Å². The molecule has 1 aromatic rings. The van der Waals surface area contributed by atoms with Gasteiger partial charge in [-0.15, -0.1) is 0 Å². The molecule has 110 valence electrons. The fourth-order valence-electron chi connectivity index (χ4n) is 3.06. The van der Waals surface area contributed by atoms with Gasteiger partial charge in [-0.05, 0) is 37.8 Å². The lowest BCUT2D eigenvalue weighted by Crippen LogP contribution is -2.37. The van der Waals surface area contributed by atoms with Crippen LogP contribution in [0.25, 0.3) is 0 Å². The summed E-state index contributed by atoms with van der Waals surface area (Å²) in [5.74, 6) is 0. The highest BCUT2D eigenvalue weighted by atomic mass is 16.3. The van der Waals surface area contributed by atoms with E-state index in [0.29, 0.717) is 12.6 Å². The molecule has 2 N–H and O–H groups in total. The van der Waals surface area contributed by atoms with E-state index < -0.39 is 0 Å². The number of likely N-dealkylation sites (tertiary alicyclic amines) is 1. The van der Waals surface area contributed by atoms with Gasteiger partial charge in [0, 0.05) is 37.7 Å². The van der Waals surface area contributed by atoms with Crippen molar-refractivity contribution in [1.29, 1.82) is 0 Å². The molecule has 1 heterocycles. The van der Waals surface area contributed by atoms with Crippen molar-refractivity contribution in [3.05, 3.63) is 35.9 Å². The van der Waals surface area contributed by atoms with Gasteiger partial charge in [0.05, 0.1) is 0 Å². The molecule has 0 spiro atoms.